The molecule has 0 aliphatic heterocycles. The number of pyridine rings is 1. The Bertz CT molecular complexity index is 1080. The highest BCUT2D eigenvalue weighted by Gasteiger charge is 2.11. The van der Waals surface area contributed by atoms with Crippen LogP contribution in [0.3, 0.4) is 0 Å². The predicted octanol–water partition coefficient (Wildman–Crippen LogP) is 4.88. The van der Waals surface area contributed by atoms with E-state index in [1.165, 1.54) is 23.6 Å². The molecule has 1 amide bonds. The van der Waals surface area contributed by atoms with Crippen molar-refractivity contribution in [2.24, 2.45) is 0 Å². The first-order valence-corrected chi connectivity index (χ1v) is 8.55. The van der Waals surface area contributed by atoms with Crippen molar-refractivity contribution in [2.45, 2.75) is 0 Å². The van der Waals surface area contributed by atoms with Crippen LogP contribution in [-0.4, -0.2) is 15.9 Å². The van der Waals surface area contributed by atoms with Gasteiger partial charge in [-0.1, -0.05) is 29.5 Å². The van der Waals surface area contributed by atoms with Crippen LogP contribution in [0.2, 0.25) is 0 Å². The molecule has 0 saturated carbocycles. The van der Waals surface area contributed by atoms with Crippen LogP contribution in [0.5, 0.6) is 11.5 Å². The second kappa shape index (κ2) is 6.89. The maximum atomic E-state index is 13.1. The van der Waals surface area contributed by atoms with Gasteiger partial charge in [0.25, 0.3) is 5.91 Å². The number of rotatable bonds is 4. The Morgan fingerprint density at radius 3 is 2.69 bits per heavy atom. The molecule has 7 heteroatoms. The van der Waals surface area contributed by atoms with Gasteiger partial charge >= 0.3 is 0 Å². The molecule has 4 rings (SSSR count). The molecule has 0 radical (unpaired) electrons. The van der Waals surface area contributed by atoms with Gasteiger partial charge in [-0.15, -0.1) is 0 Å². The van der Waals surface area contributed by atoms with Gasteiger partial charge < -0.3 is 4.74 Å². The molecule has 0 aliphatic carbocycles. The minimum absolute atomic E-state index is 0.185. The van der Waals surface area contributed by atoms with Gasteiger partial charge in [0.2, 0.25) is 5.95 Å². The summed E-state index contributed by atoms with van der Waals surface area (Å²) >= 11 is 1.32. The highest BCUT2D eigenvalue weighted by molar-refractivity contribution is 7.22. The van der Waals surface area contributed by atoms with Gasteiger partial charge in [0.05, 0.1) is 10.2 Å². The van der Waals surface area contributed by atoms with Crippen LogP contribution in [0.4, 0.5) is 9.52 Å². The summed E-state index contributed by atoms with van der Waals surface area (Å²) < 4.78 is 19.8. The first-order chi connectivity index (χ1) is 12.7. The lowest BCUT2D eigenvalue weighted by Crippen LogP contribution is -2.12. The molecule has 4 aromatic rings. The first kappa shape index (κ1) is 16.2. The number of hydrogen-bond donors (Lipinski definition) is 1. The Labute approximate surface area is 152 Å². The molecule has 2 aromatic heterocycles. The van der Waals surface area contributed by atoms with Crippen molar-refractivity contribution in [2.75, 3.05) is 5.32 Å². The van der Waals surface area contributed by atoms with Crippen molar-refractivity contribution in [3.05, 3.63) is 78.4 Å². The van der Waals surface area contributed by atoms with Crippen molar-refractivity contribution in [1.29, 1.82) is 0 Å². The number of amides is 1. The fourth-order valence-corrected chi connectivity index (χ4v) is 3.25. The van der Waals surface area contributed by atoms with E-state index >= 15 is 0 Å². The zero-order chi connectivity index (χ0) is 17.9. The number of hydrogen-bond acceptors (Lipinski definition) is 5. The van der Waals surface area contributed by atoms with E-state index in [9.17, 15) is 9.18 Å². The van der Waals surface area contributed by atoms with Crippen molar-refractivity contribution < 1.29 is 13.9 Å². The maximum absolute atomic E-state index is 13.1. The average molecular weight is 365 g/mol. The molecule has 0 fully saturated rings. The number of thiazole rings is 1. The van der Waals surface area contributed by atoms with Crippen LogP contribution in [0.1, 0.15) is 10.4 Å². The zero-order valence-corrected chi connectivity index (χ0v) is 14.2. The highest BCUT2D eigenvalue weighted by Crippen LogP contribution is 2.31. The van der Waals surface area contributed by atoms with Crippen LogP contribution >= 0.6 is 11.3 Å². The molecule has 2 heterocycles. The SMILES string of the molecule is O=C(Nc1nc2ccc(Oc3ccccc3)cc2s1)c1ccnc(F)c1. The summed E-state index contributed by atoms with van der Waals surface area (Å²) in [4.78, 5) is 20.0. The number of benzene rings is 2. The first-order valence-electron chi connectivity index (χ1n) is 7.74. The monoisotopic (exact) mass is 365 g/mol. The smallest absolute Gasteiger partial charge is 0.257 e. The average Bonchev–Trinajstić information content (AvgIpc) is 3.04. The van der Waals surface area contributed by atoms with Crippen LogP contribution in [-0.2, 0) is 0 Å². The number of nitrogens with one attached hydrogen (secondary N) is 1. The molecule has 0 saturated heterocycles. The standard InChI is InChI=1S/C19H12FN3O2S/c20-17-10-12(8-9-21-17)18(24)23-19-22-15-7-6-14(11-16(15)26-19)25-13-4-2-1-3-5-13/h1-11H,(H,22,23,24). The fraction of sp³-hybridized carbons (Fsp3) is 0. The van der Waals surface area contributed by atoms with Crippen molar-refractivity contribution in [1.82, 2.24) is 9.97 Å². The molecule has 5 nitrogen and oxygen atoms in total. The van der Waals surface area contributed by atoms with Gasteiger partial charge in [-0.25, -0.2) is 9.97 Å². The van der Waals surface area contributed by atoms with Gasteiger partial charge in [0, 0.05) is 23.9 Å². The number of halogens is 1. The van der Waals surface area contributed by atoms with Crippen LogP contribution in [0, 0.1) is 5.95 Å². The van der Waals surface area contributed by atoms with Crippen molar-refractivity contribution in [3.8, 4) is 11.5 Å². The molecule has 0 unspecified atom stereocenters. The summed E-state index contributed by atoms with van der Waals surface area (Å²) in [5.74, 6) is 0.279. The Hall–Kier alpha value is -3.32. The topological polar surface area (TPSA) is 64.1 Å². The maximum Gasteiger partial charge on any atom is 0.257 e. The lowest BCUT2D eigenvalue weighted by atomic mass is 10.2. The van der Waals surface area contributed by atoms with E-state index in [2.05, 4.69) is 15.3 Å². The van der Waals surface area contributed by atoms with Crippen molar-refractivity contribution >= 4 is 32.6 Å². The molecule has 2 aromatic carbocycles. The number of fused-ring (bicyclic) bond motifs is 1. The summed E-state index contributed by atoms with van der Waals surface area (Å²) in [7, 11) is 0. The lowest BCUT2D eigenvalue weighted by molar-refractivity contribution is 0.102. The molecule has 128 valence electrons. The van der Waals surface area contributed by atoms with E-state index < -0.39 is 11.9 Å². The zero-order valence-electron chi connectivity index (χ0n) is 13.3. The van der Waals surface area contributed by atoms with Gasteiger partial charge in [-0.3, -0.25) is 10.1 Å². The van der Waals surface area contributed by atoms with Gasteiger partial charge in [0.1, 0.15) is 11.5 Å². The Morgan fingerprint density at radius 1 is 1.04 bits per heavy atom. The summed E-state index contributed by atoms with van der Waals surface area (Å²) in [6, 6.07) is 17.5. The highest BCUT2D eigenvalue weighted by atomic mass is 32.1. The molecule has 0 atom stereocenters. The minimum atomic E-state index is -0.704. The summed E-state index contributed by atoms with van der Waals surface area (Å²) in [5, 5.41) is 3.11. The molecular weight excluding hydrogens is 353 g/mol. The van der Waals surface area contributed by atoms with Crippen LogP contribution < -0.4 is 10.1 Å². The Kier molecular flexibility index (Phi) is 4.28. The Balaban J connectivity index is 1.55. The van der Waals surface area contributed by atoms with Gasteiger partial charge in [-0.2, -0.15) is 4.39 Å². The number of ether oxygens (including phenoxy) is 1. The quantitative estimate of drug-likeness (QED) is 0.524. The number of carbonyl (C=O) groups excluding carboxylic acids is 1. The van der Waals surface area contributed by atoms with E-state index in [0.29, 0.717) is 10.9 Å². The normalized spacial score (nSPS) is 10.7. The number of aromatic nitrogens is 2. The van der Waals surface area contributed by atoms with Crippen molar-refractivity contribution in [3.63, 3.8) is 0 Å². The summed E-state index contributed by atoms with van der Waals surface area (Å²) in [6.07, 6.45) is 1.25. The molecule has 0 spiro atoms. The largest absolute Gasteiger partial charge is 0.457 e. The Morgan fingerprint density at radius 2 is 1.88 bits per heavy atom. The number of para-hydroxylation sites is 1. The van der Waals surface area contributed by atoms with Crippen LogP contribution in [0.25, 0.3) is 10.2 Å². The predicted molar refractivity (Wildman–Crippen MR) is 98.3 cm³/mol. The van der Waals surface area contributed by atoms with Gasteiger partial charge in [0.15, 0.2) is 5.13 Å². The van der Waals surface area contributed by atoms with E-state index in [-0.39, 0.29) is 5.56 Å². The van der Waals surface area contributed by atoms with Gasteiger partial charge in [-0.05, 0) is 30.3 Å². The number of carbonyl (C=O) groups is 1. The number of anilines is 1. The van der Waals surface area contributed by atoms with E-state index in [1.807, 2.05) is 48.5 Å². The molecular formula is C19H12FN3O2S. The van der Waals surface area contributed by atoms with Crippen LogP contribution in [0.15, 0.2) is 66.9 Å². The van der Waals surface area contributed by atoms with E-state index in [1.54, 1.807) is 0 Å². The molecule has 0 bridgehead atoms. The third-order valence-electron chi connectivity index (χ3n) is 3.55. The third-order valence-corrected chi connectivity index (χ3v) is 4.48. The molecule has 26 heavy (non-hydrogen) atoms. The third kappa shape index (κ3) is 3.52. The second-order valence-corrected chi connectivity index (χ2v) is 6.42. The minimum Gasteiger partial charge on any atom is -0.457 e. The van der Waals surface area contributed by atoms with E-state index in [0.717, 1.165) is 22.0 Å². The summed E-state index contributed by atoms with van der Waals surface area (Å²) in [5.41, 5.74) is 0.927. The number of nitrogens with zero attached hydrogens (tertiary/aromatic N) is 2. The molecule has 1 N–H and O–H groups in total. The molecule has 0 aliphatic rings. The second-order valence-electron chi connectivity index (χ2n) is 5.39. The lowest BCUT2D eigenvalue weighted by Gasteiger charge is -2.04. The summed E-state index contributed by atoms with van der Waals surface area (Å²) in [6.45, 7) is 0. The van der Waals surface area contributed by atoms with E-state index in [4.69, 9.17) is 4.74 Å². The fourth-order valence-electron chi connectivity index (χ4n) is 2.36.